The number of hydrogen-bond acceptors (Lipinski definition) is 6. The molecule has 122 valence electrons. The summed E-state index contributed by atoms with van der Waals surface area (Å²) in [6.07, 6.45) is 4.25. The number of aromatic amines is 1. The quantitative estimate of drug-likeness (QED) is 0.525. The second-order valence-electron chi connectivity index (χ2n) is 5.50. The number of nitrogen functional groups attached to an aromatic ring is 1. The number of thioether (sulfide) groups is 1. The van der Waals surface area contributed by atoms with Crippen molar-refractivity contribution in [3.8, 4) is 0 Å². The minimum absolute atomic E-state index is 0.251. The van der Waals surface area contributed by atoms with E-state index in [-0.39, 0.29) is 12.0 Å². The number of nitrogens with one attached hydrogen (secondary N) is 2. The van der Waals surface area contributed by atoms with Gasteiger partial charge in [-0.1, -0.05) is 6.92 Å². The fourth-order valence-corrected chi connectivity index (χ4v) is 3.44. The van der Waals surface area contributed by atoms with Crippen molar-refractivity contribution in [2.45, 2.75) is 32.9 Å². The number of anilines is 1. The lowest BCUT2D eigenvalue weighted by atomic mass is 10.1. The molecule has 0 saturated heterocycles. The average Bonchev–Trinajstić information content (AvgIpc) is 2.90. The number of aliphatic hydroxyl groups excluding tert-OH is 1. The van der Waals surface area contributed by atoms with Crippen LogP contribution in [0.4, 0.5) is 5.82 Å². The molecule has 6 nitrogen and oxygen atoms in total. The number of hydrogen-bond donors (Lipinski definition) is 4. The highest BCUT2D eigenvalue weighted by molar-refractivity contribution is 7.99. The van der Waals surface area contributed by atoms with Crippen LogP contribution in [-0.4, -0.2) is 44.2 Å². The molecule has 22 heavy (non-hydrogen) atoms. The van der Waals surface area contributed by atoms with Crippen LogP contribution in [0.25, 0.3) is 11.0 Å². The molecule has 0 spiro atoms. The van der Waals surface area contributed by atoms with Crippen LogP contribution < -0.4 is 11.1 Å². The van der Waals surface area contributed by atoms with Crippen LogP contribution in [0.3, 0.4) is 0 Å². The lowest BCUT2D eigenvalue weighted by molar-refractivity contribution is 0.136. The molecule has 0 bridgehead atoms. The van der Waals surface area contributed by atoms with E-state index in [4.69, 9.17) is 5.73 Å². The monoisotopic (exact) mass is 323 g/mol. The van der Waals surface area contributed by atoms with Crippen molar-refractivity contribution < 1.29 is 5.11 Å². The molecule has 5 N–H and O–H groups in total. The second-order valence-corrected chi connectivity index (χ2v) is 6.65. The SMILES string of the molecule is CCCSC[C@@H](CNCc1c[nH]c2c(N)ncnc12)[C@@H](C)O. The Hall–Kier alpha value is -1.31. The van der Waals surface area contributed by atoms with E-state index in [1.165, 1.54) is 12.7 Å². The Kier molecular flexibility index (Phi) is 6.48. The van der Waals surface area contributed by atoms with Gasteiger partial charge in [0.2, 0.25) is 0 Å². The molecule has 0 saturated carbocycles. The van der Waals surface area contributed by atoms with Crippen LogP contribution in [0, 0.1) is 5.92 Å². The zero-order valence-electron chi connectivity index (χ0n) is 13.2. The highest BCUT2D eigenvalue weighted by Gasteiger charge is 2.15. The molecule has 2 aromatic rings. The number of aromatic nitrogens is 3. The highest BCUT2D eigenvalue weighted by atomic mass is 32.2. The van der Waals surface area contributed by atoms with Crippen LogP contribution in [0.2, 0.25) is 0 Å². The maximum absolute atomic E-state index is 9.88. The first kappa shape index (κ1) is 17.1. The summed E-state index contributed by atoms with van der Waals surface area (Å²) < 4.78 is 0. The fraction of sp³-hybridized carbons (Fsp3) is 0.600. The van der Waals surface area contributed by atoms with Crippen LogP contribution in [0.15, 0.2) is 12.5 Å². The number of nitrogens with zero attached hydrogens (tertiary/aromatic N) is 2. The van der Waals surface area contributed by atoms with E-state index in [2.05, 4.69) is 27.2 Å². The molecule has 0 aliphatic carbocycles. The lowest BCUT2D eigenvalue weighted by Crippen LogP contribution is -2.31. The summed E-state index contributed by atoms with van der Waals surface area (Å²) in [5, 5.41) is 13.3. The molecular weight excluding hydrogens is 298 g/mol. The van der Waals surface area contributed by atoms with E-state index in [1.54, 1.807) is 0 Å². The van der Waals surface area contributed by atoms with E-state index < -0.39 is 0 Å². The molecule has 0 aliphatic rings. The van der Waals surface area contributed by atoms with Crippen LogP contribution in [0.5, 0.6) is 0 Å². The van der Waals surface area contributed by atoms with Gasteiger partial charge in [-0.05, 0) is 24.9 Å². The number of fused-ring (bicyclic) bond motifs is 1. The van der Waals surface area contributed by atoms with E-state index in [9.17, 15) is 5.11 Å². The van der Waals surface area contributed by atoms with Gasteiger partial charge in [-0.25, -0.2) is 9.97 Å². The molecular formula is C15H25N5OS. The van der Waals surface area contributed by atoms with Crippen molar-refractivity contribution in [3.05, 3.63) is 18.1 Å². The minimum atomic E-state index is -0.308. The van der Waals surface area contributed by atoms with Crippen molar-refractivity contribution in [2.75, 3.05) is 23.8 Å². The molecule has 2 rings (SSSR count). The van der Waals surface area contributed by atoms with Crippen LogP contribution >= 0.6 is 11.8 Å². The topological polar surface area (TPSA) is 99.9 Å². The maximum Gasteiger partial charge on any atom is 0.151 e. The average molecular weight is 323 g/mol. The normalized spacial score (nSPS) is 14.3. The van der Waals surface area contributed by atoms with Gasteiger partial charge in [-0.15, -0.1) is 0 Å². The van der Waals surface area contributed by atoms with Gasteiger partial charge in [0, 0.05) is 30.8 Å². The summed E-state index contributed by atoms with van der Waals surface area (Å²) in [5.74, 6) is 2.83. The predicted molar refractivity (Wildman–Crippen MR) is 92.8 cm³/mol. The molecule has 0 aromatic carbocycles. The zero-order valence-corrected chi connectivity index (χ0v) is 14.0. The van der Waals surface area contributed by atoms with Gasteiger partial charge in [0.25, 0.3) is 0 Å². The number of nitrogens with two attached hydrogens (primary N) is 1. The van der Waals surface area contributed by atoms with Gasteiger partial charge in [0.15, 0.2) is 5.82 Å². The second kappa shape index (κ2) is 8.36. The minimum Gasteiger partial charge on any atom is -0.393 e. The number of H-pyrrole nitrogens is 1. The molecule has 0 unspecified atom stereocenters. The van der Waals surface area contributed by atoms with Gasteiger partial charge >= 0.3 is 0 Å². The van der Waals surface area contributed by atoms with Crippen molar-refractivity contribution in [1.29, 1.82) is 0 Å². The van der Waals surface area contributed by atoms with Gasteiger partial charge in [0.1, 0.15) is 11.8 Å². The largest absolute Gasteiger partial charge is 0.393 e. The smallest absolute Gasteiger partial charge is 0.151 e. The molecule has 7 heteroatoms. The van der Waals surface area contributed by atoms with Gasteiger partial charge in [-0.3, -0.25) is 0 Å². The van der Waals surface area contributed by atoms with Gasteiger partial charge < -0.3 is 21.1 Å². The van der Waals surface area contributed by atoms with E-state index in [0.29, 0.717) is 12.4 Å². The third-order valence-electron chi connectivity index (χ3n) is 3.66. The zero-order chi connectivity index (χ0) is 15.9. The summed E-state index contributed by atoms with van der Waals surface area (Å²) >= 11 is 1.90. The first-order valence-corrected chi connectivity index (χ1v) is 8.81. The summed E-state index contributed by atoms with van der Waals surface area (Å²) in [4.78, 5) is 11.4. The Morgan fingerprint density at radius 2 is 2.27 bits per heavy atom. The van der Waals surface area contributed by atoms with Crippen molar-refractivity contribution in [3.63, 3.8) is 0 Å². The third-order valence-corrected chi connectivity index (χ3v) is 5.02. The summed E-state index contributed by atoms with van der Waals surface area (Å²) in [7, 11) is 0. The number of rotatable bonds is 9. The molecule has 2 aromatic heterocycles. The Bertz CT molecular complexity index is 586. The first-order chi connectivity index (χ1) is 10.6. The molecule has 2 atom stereocenters. The molecule has 0 amide bonds. The fourth-order valence-electron chi connectivity index (χ4n) is 2.29. The predicted octanol–water partition coefficient (Wildman–Crippen LogP) is 1.77. The molecule has 0 radical (unpaired) electrons. The first-order valence-electron chi connectivity index (χ1n) is 7.66. The third kappa shape index (κ3) is 4.34. The van der Waals surface area contributed by atoms with Crippen molar-refractivity contribution >= 4 is 28.6 Å². The Morgan fingerprint density at radius 3 is 3.00 bits per heavy atom. The maximum atomic E-state index is 9.88. The molecule has 2 heterocycles. The van der Waals surface area contributed by atoms with Crippen molar-refractivity contribution in [1.82, 2.24) is 20.3 Å². The van der Waals surface area contributed by atoms with E-state index in [1.807, 2.05) is 24.9 Å². The van der Waals surface area contributed by atoms with Crippen molar-refractivity contribution in [2.24, 2.45) is 5.92 Å². The van der Waals surface area contributed by atoms with Gasteiger partial charge in [-0.2, -0.15) is 11.8 Å². The molecule has 0 fully saturated rings. The van der Waals surface area contributed by atoms with Gasteiger partial charge in [0.05, 0.1) is 11.6 Å². The van der Waals surface area contributed by atoms with E-state index >= 15 is 0 Å². The Labute approximate surface area is 135 Å². The summed E-state index contributed by atoms with van der Waals surface area (Å²) in [5.41, 5.74) is 8.52. The molecule has 0 aliphatic heterocycles. The Morgan fingerprint density at radius 1 is 1.45 bits per heavy atom. The van der Waals surface area contributed by atoms with E-state index in [0.717, 1.165) is 34.6 Å². The van der Waals surface area contributed by atoms with Crippen LogP contribution in [0.1, 0.15) is 25.8 Å². The van der Waals surface area contributed by atoms with Crippen LogP contribution in [-0.2, 0) is 6.54 Å². The highest BCUT2D eigenvalue weighted by Crippen LogP contribution is 2.19. The summed E-state index contributed by atoms with van der Waals surface area (Å²) in [6, 6.07) is 0. The number of aliphatic hydroxyl groups is 1. The standard InChI is InChI=1S/C15H25N5OS/c1-3-4-22-8-12(10(2)21)6-17-5-11-7-18-14-13(11)19-9-20-15(14)16/h7,9-10,12,17-18,21H,3-6,8H2,1-2H3,(H2,16,19,20)/t10-,12-/m1/s1. The Balaban J connectivity index is 1.89. The summed E-state index contributed by atoms with van der Waals surface area (Å²) in [6.45, 7) is 5.51. The lowest BCUT2D eigenvalue weighted by Gasteiger charge is -2.20.